The molecule has 0 atom stereocenters. The maximum Gasteiger partial charge on any atom is 0.129 e. The van der Waals surface area contributed by atoms with Crippen LogP contribution < -0.4 is 10.1 Å². The molecule has 1 aromatic heterocycles. The van der Waals surface area contributed by atoms with Gasteiger partial charge < -0.3 is 14.6 Å². The molecule has 4 rings (SSSR count). The molecule has 3 nitrogen and oxygen atoms in total. The molecular weight excluding hydrogens is 332 g/mol. The molecule has 0 fully saturated rings. The van der Waals surface area contributed by atoms with E-state index in [0.717, 1.165) is 25.4 Å². The number of benzene rings is 3. The van der Waals surface area contributed by atoms with Crippen LogP contribution in [0.4, 0.5) is 0 Å². The Kier molecular flexibility index (Phi) is 5.22. The summed E-state index contributed by atoms with van der Waals surface area (Å²) in [6.07, 6.45) is 1.86. The van der Waals surface area contributed by atoms with Gasteiger partial charge >= 0.3 is 0 Å². The summed E-state index contributed by atoms with van der Waals surface area (Å²) in [5.41, 5.74) is 3.73. The molecular formula is C24H24N2O. The Labute approximate surface area is 159 Å². The zero-order valence-corrected chi connectivity index (χ0v) is 15.4. The van der Waals surface area contributed by atoms with Crippen molar-refractivity contribution in [2.75, 3.05) is 19.7 Å². The van der Waals surface area contributed by atoms with E-state index in [1.807, 2.05) is 6.08 Å². The standard InChI is InChI=1S/C24H24N2O/c1-2-15-25-16-17-27-23-14-8-13-22-24(23)20-11-6-7-12-21(20)26(22)18-19-9-4-3-5-10-19/h2-14,25H,1,15-18H2. The zero-order chi connectivity index (χ0) is 18.5. The van der Waals surface area contributed by atoms with E-state index < -0.39 is 0 Å². The van der Waals surface area contributed by atoms with Gasteiger partial charge in [0.05, 0.1) is 5.52 Å². The highest BCUT2D eigenvalue weighted by atomic mass is 16.5. The summed E-state index contributed by atoms with van der Waals surface area (Å²) >= 11 is 0. The van der Waals surface area contributed by atoms with Crippen molar-refractivity contribution in [1.82, 2.24) is 9.88 Å². The van der Waals surface area contributed by atoms with Crippen LogP contribution in [-0.2, 0) is 6.54 Å². The van der Waals surface area contributed by atoms with Gasteiger partial charge in [-0.25, -0.2) is 0 Å². The maximum absolute atomic E-state index is 6.13. The molecule has 136 valence electrons. The fraction of sp³-hybridized carbons (Fsp3) is 0.167. The van der Waals surface area contributed by atoms with Crippen LogP contribution in [0.5, 0.6) is 5.75 Å². The van der Waals surface area contributed by atoms with E-state index in [0.29, 0.717) is 6.61 Å². The Balaban J connectivity index is 1.74. The number of hydrogen-bond acceptors (Lipinski definition) is 2. The van der Waals surface area contributed by atoms with Crippen molar-refractivity contribution in [3.63, 3.8) is 0 Å². The maximum atomic E-state index is 6.13. The van der Waals surface area contributed by atoms with Crippen molar-refractivity contribution in [3.05, 3.63) is 91.0 Å². The number of para-hydroxylation sites is 1. The number of rotatable bonds is 8. The predicted molar refractivity (Wildman–Crippen MR) is 114 cm³/mol. The van der Waals surface area contributed by atoms with Crippen molar-refractivity contribution < 1.29 is 4.74 Å². The van der Waals surface area contributed by atoms with Crippen molar-refractivity contribution in [1.29, 1.82) is 0 Å². The van der Waals surface area contributed by atoms with Crippen LogP contribution in [0.3, 0.4) is 0 Å². The van der Waals surface area contributed by atoms with Gasteiger partial charge in [-0.3, -0.25) is 0 Å². The lowest BCUT2D eigenvalue weighted by molar-refractivity contribution is 0.320. The molecule has 1 N–H and O–H groups in total. The molecule has 3 aromatic carbocycles. The Bertz CT molecular complexity index is 1050. The summed E-state index contributed by atoms with van der Waals surface area (Å²) in [7, 11) is 0. The van der Waals surface area contributed by atoms with E-state index >= 15 is 0 Å². The van der Waals surface area contributed by atoms with Crippen LogP contribution >= 0.6 is 0 Å². The molecule has 0 unspecified atom stereocenters. The summed E-state index contributed by atoms with van der Waals surface area (Å²) < 4.78 is 8.51. The smallest absolute Gasteiger partial charge is 0.129 e. The zero-order valence-electron chi connectivity index (χ0n) is 15.4. The first-order valence-corrected chi connectivity index (χ1v) is 9.37. The Morgan fingerprint density at radius 2 is 1.67 bits per heavy atom. The van der Waals surface area contributed by atoms with Crippen LogP contribution in [0.2, 0.25) is 0 Å². The normalized spacial score (nSPS) is 11.1. The molecule has 0 saturated heterocycles. The Morgan fingerprint density at radius 3 is 2.52 bits per heavy atom. The van der Waals surface area contributed by atoms with E-state index in [1.165, 1.54) is 27.4 Å². The molecule has 3 heteroatoms. The average molecular weight is 356 g/mol. The van der Waals surface area contributed by atoms with E-state index in [2.05, 4.69) is 89.3 Å². The summed E-state index contributed by atoms with van der Waals surface area (Å²) in [5, 5.41) is 5.70. The third-order valence-electron chi connectivity index (χ3n) is 4.77. The van der Waals surface area contributed by atoms with Crippen molar-refractivity contribution in [2.24, 2.45) is 0 Å². The van der Waals surface area contributed by atoms with Gasteiger partial charge in [0.1, 0.15) is 12.4 Å². The topological polar surface area (TPSA) is 26.2 Å². The predicted octanol–water partition coefficient (Wildman–Crippen LogP) is 5.00. The number of fused-ring (bicyclic) bond motifs is 3. The molecule has 0 aliphatic carbocycles. The molecule has 0 saturated carbocycles. The molecule has 0 bridgehead atoms. The van der Waals surface area contributed by atoms with Crippen LogP contribution in [-0.4, -0.2) is 24.3 Å². The largest absolute Gasteiger partial charge is 0.492 e. The molecule has 0 aliphatic rings. The van der Waals surface area contributed by atoms with E-state index in [9.17, 15) is 0 Å². The lowest BCUT2D eigenvalue weighted by Gasteiger charge is -2.10. The molecule has 0 aliphatic heterocycles. The van der Waals surface area contributed by atoms with Gasteiger partial charge in [0.2, 0.25) is 0 Å². The van der Waals surface area contributed by atoms with E-state index in [1.54, 1.807) is 0 Å². The molecule has 27 heavy (non-hydrogen) atoms. The average Bonchev–Trinajstić information content (AvgIpc) is 3.03. The first kappa shape index (κ1) is 17.4. The molecule has 1 heterocycles. The van der Waals surface area contributed by atoms with Gasteiger partial charge in [0.15, 0.2) is 0 Å². The highest BCUT2D eigenvalue weighted by Crippen LogP contribution is 2.36. The Hall–Kier alpha value is -3.04. The van der Waals surface area contributed by atoms with E-state index in [4.69, 9.17) is 4.74 Å². The fourth-order valence-corrected chi connectivity index (χ4v) is 3.56. The summed E-state index contributed by atoms with van der Waals surface area (Å²) in [6.45, 7) is 6.79. The highest BCUT2D eigenvalue weighted by Gasteiger charge is 2.14. The fourth-order valence-electron chi connectivity index (χ4n) is 3.56. The number of aromatic nitrogens is 1. The second-order valence-electron chi connectivity index (χ2n) is 6.58. The third-order valence-corrected chi connectivity index (χ3v) is 4.77. The number of nitrogens with one attached hydrogen (secondary N) is 1. The Morgan fingerprint density at radius 1 is 0.889 bits per heavy atom. The summed E-state index contributed by atoms with van der Waals surface area (Å²) in [6, 6.07) is 25.5. The second-order valence-corrected chi connectivity index (χ2v) is 6.58. The van der Waals surface area contributed by atoms with Gasteiger partial charge in [0.25, 0.3) is 0 Å². The highest BCUT2D eigenvalue weighted by molar-refractivity contribution is 6.11. The minimum absolute atomic E-state index is 0.630. The molecule has 0 radical (unpaired) electrons. The first-order valence-electron chi connectivity index (χ1n) is 9.37. The van der Waals surface area contributed by atoms with Gasteiger partial charge in [0, 0.05) is 35.9 Å². The SMILES string of the molecule is C=CCNCCOc1cccc2c1c1ccccc1n2Cc1ccccc1. The van der Waals surface area contributed by atoms with Crippen molar-refractivity contribution in [2.45, 2.75) is 6.54 Å². The van der Waals surface area contributed by atoms with Crippen LogP contribution in [0.25, 0.3) is 21.8 Å². The molecule has 4 aromatic rings. The van der Waals surface area contributed by atoms with Gasteiger partial charge in [-0.1, -0.05) is 60.7 Å². The number of ether oxygens (including phenoxy) is 1. The van der Waals surface area contributed by atoms with E-state index in [-0.39, 0.29) is 0 Å². The van der Waals surface area contributed by atoms with Crippen molar-refractivity contribution in [3.8, 4) is 5.75 Å². The lowest BCUT2D eigenvalue weighted by atomic mass is 10.1. The van der Waals surface area contributed by atoms with Gasteiger partial charge in [-0.05, 0) is 23.8 Å². The minimum Gasteiger partial charge on any atom is -0.492 e. The monoisotopic (exact) mass is 356 g/mol. The molecule has 0 amide bonds. The van der Waals surface area contributed by atoms with Crippen LogP contribution in [0.15, 0.2) is 85.5 Å². The first-order chi connectivity index (χ1) is 13.4. The van der Waals surface area contributed by atoms with Crippen molar-refractivity contribution >= 4 is 21.8 Å². The number of hydrogen-bond donors (Lipinski definition) is 1. The van der Waals surface area contributed by atoms with Crippen LogP contribution in [0.1, 0.15) is 5.56 Å². The third kappa shape index (κ3) is 3.60. The van der Waals surface area contributed by atoms with Gasteiger partial charge in [-0.15, -0.1) is 6.58 Å². The van der Waals surface area contributed by atoms with Crippen LogP contribution in [0, 0.1) is 0 Å². The summed E-state index contributed by atoms with van der Waals surface area (Å²) in [5.74, 6) is 0.941. The quantitative estimate of drug-likeness (QED) is 0.355. The van der Waals surface area contributed by atoms with Gasteiger partial charge in [-0.2, -0.15) is 0 Å². The lowest BCUT2D eigenvalue weighted by Crippen LogP contribution is -2.20. The second kappa shape index (κ2) is 8.11. The minimum atomic E-state index is 0.630. The number of nitrogens with zero attached hydrogens (tertiary/aromatic N) is 1. The molecule has 0 spiro atoms. The summed E-state index contributed by atoms with van der Waals surface area (Å²) in [4.78, 5) is 0.